The predicted molar refractivity (Wildman–Crippen MR) is 78.3 cm³/mol. The molecule has 0 N–H and O–H groups in total. The normalized spacial score (nSPS) is 25.0. The Morgan fingerprint density at radius 2 is 2.05 bits per heavy atom. The summed E-state index contributed by atoms with van der Waals surface area (Å²) in [5, 5.41) is 6.45. The Morgan fingerprint density at radius 1 is 1.33 bits per heavy atom. The van der Waals surface area contributed by atoms with Gasteiger partial charge in [-0.3, -0.25) is 14.6 Å². The number of ether oxygens (including phenoxy) is 1. The van der Waals surface area contributed by atoms with Crippen LogP contribution in [0.2, 0.25) is 0 Å². The van der Waals surface area contributed by atoms with Gasteiger partial charge in [0.2, 0.25) is 0 Å². The van der Waals surface area contributed by atoms with Crippen molar-refractivity contribution in [1.82, 2.24) is 5.01 Å². The van der Waals surface area contributed by atoms with E-state index in [1.165, 1.54) is 6.92 Å². The van der Waals surface area contributed by atoms with Crippen molar-refractivity contribution in [1.29, 1.82) is 0 Å². The fourth-order valence-electron chi connectivity index (χ4n) is 2.91. The number of carbonyl (C=O) groups excluding carboxylic acids is 2. The summed E-state index contributed by atoms with van der Waals surface area (Å²) >= 11 is 0. The van der Waals surface area contributed by atoms with Crippen LogP contribution < -0.4 is 4.74 Å². The number of Topliss-reactive ketones (excluding diaryl/α,β-unsaturated/α-hetero) is 1. The average Bonchev–Trinajstić information content (AvgIpc) is 2.97. The Morgan fingerprint density at radius 3 is 2.76 bits per heavy atom. The Balaban J connectivity index is 1.95. The summed E-state index contributed by atoms with van der Waals surface area (Å²) in [6.07, 6.45) is 4.00. The van der Waals surface area contributed by atoms with Gasteiger partial charge in [-0.15, -0.1) is 0 Å². The third-order valence-corrected chi connectivity index (χ3v) is 4.01. The van der Waals surface area contributed by atoms with Gasteiger partial charge in [-0.25, -0.2) is 0 Å². The van der Waals surface area contributed by atoms with Crippen LogP contribution in [0, 0.1) is 5.92 Å². The van der Waals surface area contributed by atoms with E-state index in [2.05, 4.69) is 5.10 Å². The molecule has 0 bridgehead atoms. The fourth-order valence-corrected chi connectivity index (χ4v) is 2.91. The van der Waals surface area contributed by atoms with Crippen LogP contribution in [0.15, 0.2) is 29.4 Å². The molecular formula is C16H18N2O3. The lowest BCUT2D eigenvalue weighted by Gasteiger charge is -2.28. The van der Waals surface area contributed by atoms with Crippen molar-refractivity contribution >= 4 is 18.0 Å². The van der Waals surface area contributed by atoms with E-state index in [4.69, 9.17) is 4.74 Å². The van der Waals surface area contributed by atoms with E-state index in [-0.39, 0.29) is 11.7 Å². The second-order valence-electron chi connectivity index (χ2n) is 5.50. The number of fused-ring (bicyclic) bond motifs is 1. The number of para-hydroxylation sites is 1. The number of hydrazone groups is 1. The van der Waals surface area contributed by atoms with Crippen molar-refractivity contribution in [3.8, 4) is 5.75 Å². The molecule has 0 unspecified atom stereocenters. The van der Waals surface area contributed by atoms with Crippen molar-refractivity contribution < 1.29 is 14.3 Å². The number of benzene rings is 1. The summed E-state index contributed by atoms with van der Waals surface area (Å²) in [5.41, 5.74) is 0.847. The Bertz CT molecular complexity index is 591. The molecule has 1 fully saturated rings. The minimum absolute atomic E-state index is 0.188. The van der Waals surface area contributed by atoms with Gasteiger partial charge in [-0.2, -0.15) is 5.10 Å². The van der Waals surface area contributed by atoms with E-state index in [1.807, 2.05) is 23.2 Å². The van der Waals surface area contributed by atoms with E-state index in [1.54, 1.807) is 12.3 Å². The molecule has 5 heteroatoms. The Kier molecular flexibility index (Phi) is 3.73. The van der Waals surface area contributed by atoms with Crippen LogP contribution in [-0.4, -0.2) is 36.1 Å². The third kappa shape index (κ3) is 2.68. The number of nitrogens with zero attached hydrogens (tertiary/aromatic N) is 2. The average molecular weight is 286 g/mol. The zero-order valence-electron chi connectivity index (χ0n) is 12.0. The molecule has 0 aromatic heterocycles. The fraction of sp³-hybridized carbons (Fsp3) is 0.438. The molecule has 1 aromatic carbocycles. The summed E-state index contributed by atoms with van der Waals surface area (Å²) in [6.45, 7) is 3.29. The molecule has 1 aromatic rings. The second-order valence-corrected chi connectivity index (χ2v) is 5.50. The van der Waals surface area contributed by atoms with Gasteiger partial charge >= 0.3 is 5.97 Å². The van der Waals surface area contributed by atoms with Crippen molar-refractivity contribution in [2.24, 2.45) is 11.0 Å². The summed E-state index contributed by atoms with van der Waals surface area (Å²) in [7, 11) is 0. The van der Waals surface area contributed by atoms with Crippen LogP contribution >= 0.6 is 0 Å². The third-order valence-electron chi connectivity index (χ3n) is 4.01. The quantitative estimate of drug-likeness (QED) is 0.369. The van der Waals surface area contributed by atoms with Crippen LogP contribution in [-0.2, 0) is 9.59 Å². The number of hydrogen-bond acceptors (Lipinski definition) is 5. The van der Waals surface area contributed by atoms with E-state index in [0.717, 1.165) is 31.5 Å². The highest BCUT2D eigenvalue weighted by Crippen LogP contribution is 2.37. The van der Waals surface area contributed by atoms with Crippen LogP contribution in [0.3, 0.4) is 0 Å². The molecule has 2 atom stereocenters. The van der Waals surface area contributed by atoms with Crippen molar-refractivity contribution in [3.05, 3.63) is 29.8 Å². The maximum absolute atomic E-state index is 12.1. The monoisotopic (exact) mass is 286 g/mol. The molecule has 0 radical (unpaired) electrons. The van der Waals surface area contributed by atoms with Gasteiger partial charge in [0.1, 0.15) is 17.5 Å². The van der Waals surface area contributed by atoms with E-state index < -0.39 is 11.9 Å². The molecule has 21 heavy (non-hydrogen) atoms. The molecule has 3 rings (SSSR count). The van der Waals surface area contributed by atoms with Gasteiger partial charge < -0.3 is 4.74 Å². The lowest BCUT2D eigenvalue weighted by atomic mass is 9.82. The van der Waals surface area contributed by atoms with Crippen LogP contribution in [0.4, 0.5) is 0 Å². The molecule has 2 aliphatic rings. The first kappa shape index (κ1) is 13.8. The Hall–Kier alpha value is -2.17. The van der Waals surface area contributed by atoms with E-state index >= 15 is 0 Å². The number of carbonyl (C=O) groups is 2. The van der Waals surface area contributed by atoms with Crippen molar-refractivity contribution in [2.75, 3.05) is 13.1 Å². The topological polar surface area (TPSA) is 59.0 Å². The maximum Gasteiger partial charge on any atom is 0.322 e. The van der Waals surface area contributed by atoms with Crippen molar-refractivity contribution in [3.63, 3.8) is 0 Å². The van der Waals surface area contributed by atoms with E-state index in [0.29, 0.717) is 5.75 Å². The smallest absolute Gasteiger partial charge is 0.322 e. The highest BCUT2D eigenvalue weighted by molar-refractivity contribution is 6.04. The lowest BCUT2D eigenvalue weighted by molar-refractivity contribution is -0.144. The molecule has 0 spiro atoms. The summed E-state index contributed by atoms with van der Waals surface area (Å²) in [5.74, 6) is -1.30. The molecule has 5 nitrogen and oxygen atoms in total. The highest BCUT2D eigenvalue weighted by atomic mass is 16.5. The highest BCUT2D eigenvalue weighted by Gasteiger charge is 2.40. The SMILES string of the molecule is CC(=O)[C@@H]1C(=O)Oc2ccccc2[C@H]1/C=N/N1CCCC1. The maximum atomic E-state index is 12.1. The first-order chi connectivity index (χ1) is 10.2. The standard InChI is InChI=1S/C16H18N2O3/c1-11(19)15-13(10-17-18-8-4-5-9-18)12-6-2-3-7-14(12)21-16(15)20/h2-3,6-7,10,13,15H,4-5,8-9H2,1H3/b17-10+/t13-,15+/m1/s1. The zero-order valence-corrected chi connectivity index (χ0v) is 12.0. The van der Waals surface area contributed by atoms with Gasteiger partial charge in [-0.1, -0.05) is 18.2 Å². The second kappa shape index (κ2) is 5.68. The minimum Gasteiger partial charge on any atom is -0.426 e. The van der Waals surface area contributed by atoms with Crippen LogP contribution in [0.1, 0.15) is 31.2 Å². The molecule has 2 heterocycles. The summed E-state index contributed by atoms with van der Waals surface area (Å²) in [6, 6.07) is 7.33. The number of rotatable bonds is 3. The largest absolute Gasteiger partial charge is 0.426 e. The van der Waals surface area contributed by atoms with E-state index in [9.17, 15) is 9.59 Å². The van der Waals surface area contributed by atoms with Crippen molar-refractivity contribution in [2.45, 2.75) is 25.7 Å². The number of ketones is 1. The molecule has 110 valence electrons. The Labute approximate surface area is 123 Å². The van der Waals surface area contributed by atoms with Crippen LogP contribution in [0.5, 0.6) is 5.75 Å². The molecular weight excluding hydrogens is 268 g/mol. The molecule has 2 aliphatic heterocycles. The van der Waals surface area contributed by atoms with Gasteiger partial charge in [-0.05, 0) is 25.8 Å². The minimum atomic E-state index is -0.800. The first-order valence-electron chi connectivity index (χ1n) is 7.27. The van der Waals surface area contributed by atoms with Gasteiger partial charge in [0.15, 0.2) is 0 Å². The van der Waals surface area contributed by atoms with Crippen LogP contribution in [0.25, 0.3) is 0 Å². The molecule has 0 saturated carbocycles. The van der Waals surface area contributed by atoms with Gasteiger partial charge in [0, 0.05) is 30.8 Å². The number of esters is 1. The number of hydrogen-bond donors (Lipinski definition) is 0. The van der Waals surface area contributed by atoms with Gasteiger partial charge in [0.25, 0.3) is 0 Å². The molecule has 1 saturated heterocycles. The zero-order chi connectivity index (χ0) is 14.8. The first-order valence-corrected chi connectivity index (χ1v) is 7.27. The summed E-state index contributed by atoms with van der Waals surface area (Å²) in [4.78, 5) is 23.9. The molecule has 0 aliphatic carbocycles. The predicted octanol–water partition coefficient (Wildman–Crippen LogP) is 1.98. The van der Waals surface area contributed by atoms with Gasteiger partial charge in [0.05, 0.1) is 0 Å². The molecule has 0 amide bonds. The summed E-state index contributed by atoms with van der Waals surface area (Å²) < 4.78 is 5.27. The lowest BCUT2D eigenvalue weighted by Crippen LogP contribution is -2.37.